The Kier molecular flexibility index (Phi) is 3.71. The molecule has 2 heterocycles. The van der Waals surface area contributed by atoms with Crippen LogP contribution in [0.25, 0.3) is 0 Å². The fraction of sp³-hybridized carbons (Fsp3) is 0.688. The number of carbonyl (C=O) groups excluding carboxylic acids is 1. The van der Waals surface area contributed by atoms with E-state index in [1.54, 1.807) is 0 Å². The Morgan fingerprint density at radius 2 is 2.24 bits per heavy atom. The van der Waals surface area contributed by atoms with Gasteiger partial charge in [0.05, 0.1) is 11.8 Å². The lowest BCUT2D eigenvalue weighted by Crippen LogP contribution is -2.48. The van der Waals surface area contributed by atoms with Gasteiger partial charge in [0.1, 0.15) is 11.2 Å². The first-order valence-corrected chi connectivity index (χ1v) is 7.88. The molecule has 0 aromatic carbocycles. The third kappa shape index (κ3) is 2.67. The maximum Gasteiger partial charge on any atom is 0.240 e. The van der Waals surface area contributed by atoms with Crippen molar-refractivity contribution in [2.75, 3.05) is 0 Å². The number of nitrogens with one attached hydrogen (secondary N) is 1. The SMILES string of the molecule is Cc1cn2c(n1)CC[C@H](NC(=O)C1(C#N)CCCCC1)C2. The van der Waals surface area contributed by atoms with Crippen LogP contribution in [0, 0.1) is 23.7 Å². The highest BCUT2D eigenvalue weighted by Gasteiger charge is 2.40. The third-order valence-electron chi connectivity index (χ3n) is 4.80. The lowest BCUT2D eigenvalue weighted by atomic mass is 9.74. The van der Waals surface area contributed by atoms with E-state index in [-0.39, 0.29) is 11.9 Å². The molecule has 2 aliphatic rings. The molecule has 1 amide bonds. The van der Waals surface area contributed by atoms with Crippen molar-refractivity contribution in [3.63, 3.8) is 0 Å². The number of carbonyl (C=O) groups is 1. The summed E-state index contributed by atoms with van der Waals surface area (Å²) in [6, 6.07) is 2.42. The van der Waals surface area contributed by atoms with Gasteiger partial charge in [0.25, 0.3) is 0 Å². The number of fused-ring (bicyclic) bond motifs is 1. The van der Waals surface area contributed by atoms with Crippen LogP contribution < -0.4 is 5.32 Å². The number of amides is 1. The molecule has 5 nitrogen and oxygen atoms in total. The van der Waals surface area contributed by atoms with Crippen LogP contribution in [0.2, 0.25) is 0 Å². The van der Waals surface area contributed by atoms with Crippen LogP contribution >= 0.6 is 0 Å². The van der Waals surface area contributed by atoms with Crippen molar-refractivity contribution in [1.82, 2.24) is 14.9 Å². The van der Waals surface area contributed by atoms with E-state index in [0.717, 1.165) is 50.2 Å². The molecule has 1 aromatic rings. The molecule has 1 atom stereocenters. The van der Waals surface area contributed by atoms with Gasteiger partial charge in [0.2, 0.25) is 5.91 Å². The van der Waals surface area contributed by atoms with E-state index in [0.29, 0.717) is 12.8 Å². The van der Waals surface area contributed by atoms with Crippen LogP contribution in [0.4, 0.5) is 0 Å². The molecular weight excluding hydrogens is 264 g/mol. The Balaban J connectivity index is 1.67. The fourth-order valence-corrected chi connectivity index (χ4v) is 3.57. The van der Waals surface area contributed by atoms with Crippen LogP contribution in [0.3, 0.4) is 0 Å². The molecule has 21 heavy (non-hydrogen) atoms. The number of hydrogen-bond donors (Lipinski definition) is 1. The second kappa shape index (κ2) is 5.51. The van der Waals surface area contributed by atoms with Crippen molar-refractivity contribution in [3.8, 4) is 6.07 Å². The normalized spacial score (nSPS) is 23.9. The minimum atomic E-state index is -0.788. The van der Waals surface area contributed by atoms with E-state index in [1.807, 2.05) is 13.1 Å². The van der Waals surface area contributed by atoms with Gasteiger partial charge in [-0.05, 0) is 26.2 Å². The number of imidazole rings is 1. The smallest absolute Gasteiger partial charge is 0.240 e. The molecule has 3 rings (SSSR count). The highest BCUT2D eigenvalue weighted by atomic mass is 16.2. The van der Waals surface area contributed by atoms with Gasteiger partial charge in [-0.3, -0.25) is 4.79 Å². The third-order valence-corrected chi connectivity index (χ3v) is 4.80. The predicted octanol–water partition coefficient (Wildman–Crippen LogP) is 2.10. The summed E-state index contributed by atoms with van der Waals surface area (Å²) in [5.74, 6) is 1.04. The Hall–Kier alpha value is -1.83. The molecular formula is C16H22N4O. The Morgan fingerprint density at radius 3 is 2.95 bits per heavy atom. The van der Waals surface area contributed by atoms with Gasteiger partial charge in [-0.1, -0.05) is 19.3 Å². The van der Waals surface area contributed by atoms with Crippen LogP contribution in [-0.4, -0.2) is 21.5 Å². The van der Waals surface area contributed by atoms with Crippen LogP contribution in [0.15, 0.2) is 6.20 Å². The quantitative estimate of drug-likeness (QED) is 0.905. The molecule has 1 fully saturated rings. The summed E-state index contributed by atoms with van der Waals surface area (Å²) in [6.07, 6.45) is 8.34. The molecule has 1 aromatic heterocycles. The molecule has 1 aliphatic carbocycles. The van der Waals surface area contributed by atoms with Crippen LogP contribution in [-0.2, 0) is 17.8 Å². The molecule has 1 saturated carbocycles. The molecule has 0 bridgehead atoms. The summed E-state index contributed by atoms with van der Waals surface area (Å²) in [5, 5.41) is 12.6. The predicted molar refractivity (Wildman–Crippen MR) is 78.3 cm³/mol. The Labute approximate surface area is 125 Å². The second-order valence-corrected chi connectivity index (χ2v) is 6.41. The first-order valence-electron chi connectivity index (χ1n) is 7.88. The molecule has 1 aliphatic heterocycles. The van der Waals surface area contributed by atoms with E-state index < -0.39 is 5.41 Å². The molecule has 0 unspecified atom stereocenters. The molecule has 0 saturated heterocycles. The topological polar surface area (TPSA) is 70.7 Å². The summed E-state index contributed by atoms with van der Waals surface area (Å²) in [4.78, 5) is 17.1. The van der Waals surface area contributed by atoms with E-state index >= 15 is 0 Å². The number of aromatic nitrogens is 2. The van der Waals surface area contributed by atoms with Gasteiger partial charge < -0.3 is 9.88 Å². The maximum atomic E-state index is 12.6. The van der Waals surface area contributed by atoms with Gasteiger partial charge >= 0.3 is 0 Å². The number of hydrogen-bond acceptors (Lipinski definition) is 3. The van der Waals surface area contributed by atoms with Crippen molar-refractivity contribution in [1.29, 1.82) is 5.26 Å². The summed E-state index contributed by atoms with van der Waals surface area (Å²) in [7, 11) is 0. The molecule has 1 N–H and O–H groups in total. The van der Waals surface area contributed by atoms with E-state index in [9.17, 15) is 10.1 Å². The molecule has 112 valence electrons. The molecule has 0 radical (unpaired) electrons. The van der Waals surface area contributed by atoms with Crippen molar-refractivity contribution in [2.24, 2.45) is 5.41 Å². The van der Waals surface area contributed by atoms with E-state index in [2.05, 4.69) is 20.9 Å². The standard InChI is InChI=1S/C16H22N4O/c1-12-9-20-10-13(5-6-14(20)18-12)19-15(21)16(11-17)7-3-2-4-8-16/h9,13H,2-8,10H2,1H3,(H,19,21)/t13-/m0/s1. The van der Waals surface area contributed by atoms with Gasteiger partial charge in [0, 0.05) is 25.2 Å². The van der Waals surface area contributed by atoms with Gasteiger partial charge in [0.15, 0.2) is 0 Å². The zero-order chi connectivity index (χ0) is 14.9. The van der Waals surface area contributed by atoms with E-state index in [1.165, 1.54) is 0 Å². The van der Waals surface area contributed by atoms with Gasteiger partial charge in [-0.15, -0.1) is 0 Å². The summed E-state index contributed by atoms with van der Waals surface area (Å²) in [6.45, 7) is 2.76. The van der Waals surface area contributed by atoms with Gasteiger partial charge in [-0.25, -0.2) is 4.98 Å². The first kappa shape index (κ1) is 14.1. The highest BCUT2D eigenvalue weighted by molar-refractivity contribution is 5.85. The first-order chi connectivity index (χ1) is 10.1. The van der Waals surface area contributed by atoms with Gasteiger partial charge in [-0.2, -0.15) is 5.26 Å². The van der Waals surface area contributed by atoms with Crippen molar-refractivity contribution in [2.45, 2.75) is 64.5 Å². The van der Waals surface area contributed by atoms with Crippen molar-refractivity contribution in [3.05, 3.63) is 17.7 Å². The lowest BCUT2D eigenvalue weighted by molar-refractivity contribution is -0.130. The second-order valence-electron chi connectivity index (χ2n) is 6.41. The average Bonchev–Trinajstić information content (AvgIpc) is 2.87. The number of aryl methyl sites for hydroxylation is 2. The Morgan fingerprint density at radius 1 is 1.48 bits per heavy atom. The summed E-state index contributed by atoms with van der Waals surface area (Å²) < 4.78 is 2.13. The summed E-state index contributed by atoms with van der Waals surface area (Å²) in [5.41, 5.74) is 0.237. The monoisotopic (exact) mass is 286 g/mol. The Bertz CT molecular complexity index is 578. The largest absolute Gasteiger partial charge is 0.350 e. The zero-order valence-corrected chi connectivity index (χ0v) is 12.6. The van der Waals surface area contributed by atoms with Crippen molar-refractivity contribution < 1.29 is 4.79 Å². The fourth-order valence-electron chi connectivity index (χ4n) is 3.57. The molecule has 5 heteroatoms. The van der Waals surface area contributed by atoms with Crippen LogP contribution in [0.5, 0.6) is 0 Å². The number of nitrogens with zero attached hydrogens (tertiary/aromatic N) is 3. The minimum Gasteiger partial charge on any atom is -0.350 e. The van der Waals surface area contributed by atoms with E-state index in [4.69, 9.17) is 0 Å². The molecule has 0 spiro atoms. The minimum absolute atomic E-state index is 0.0602. The maximum absolute atomic E-state index is 12.6. The zero-order valence-electron chi connectivity index (χ0n) is 12.6. The highest BCUT2D eigenvalue weighted by Crippen LogP contribution is 2.36. The van der Waals surface area contributed by atoms with Crippen molar-refractivity contribution >= 4 is 5.91 Å². The lowest BCUT2D eigenvalue weighted by Gasteiger charge is -2.32. The number of rotatable bonds is 2. The average molecular weight is 286 g/mol. The van der Waals surface area contributed by atoms with Crippen LogP contribution in [0.1, 0.15) is 50.0 Å². The number of nitriles is 1. The summed E-state index contributed by atoms with van der Waals surface area (Å²) >= 11 is 0.